The highest BCUT2D eigenvalue weighted by atomic mass is 15.1. The Morgan fingerprint density at radius 2 is 0.607 bits per heavy atom. The number of hydrogen-bond acceptors (Lipinski definition) is 1. The molecule has 0 atom stereocenters. The minimum Gasteiger partial charge on any atom is -0.310 e. The zero-order valence-corrected chi connectivity index (χ0v) is 33.6. The van der Waals surface area contributed by atoms with Gasteiger partial charge in [0, 0.05) is 16.8 Å². The summed E-state index contributed by atoms with van der Waals surface area (Å²) in [7, 11) is 0. The zero-order valence-electron chi connectivity index (χ0n) is 33.6. The molecule has 0 fully saturated rings. The van der Waals surface area contributed by atoms with Gasteiger partial charge < -0.3 is 4.90 Å². The minimum atomic E-state index is 1.09. The highest BCUT2D eigenvalue weighted by molar-refractivity contribution is 6.11. The fourth-order valence-corrected chi connectivity index (χ4v) is 9.12. The average Bonchev–Trinajstić information content (AvgIpc) is 3.35. The van der Waals surface area contributed by atoms with E-state index < -0.39 is 0 Å². The molecule has 0 N–H and O–H groups in total. The summed E-state index contributed by atoms with van der Waals surface area (Å²) in [5.74, 6) is 0. The maximum absolute atomic E-state index is 2.42. The Morgan fingerprint density at radius 1 is 0.213 bits per heavy atom. The molecular formula is C60H41N. The van der Waals surface area contributed by atoms with Crippen LogP contribution in [0.25, 0.3) is 88.0 Å². The number of anilines is 3. The second kappa shape index (κ2) is 15.6. The Hall–Kier alpha value is -8.00. The van der Waals surface area contributed by atoms with Crippen LogP contribution in [0, 0.1) is 0 Å². The van der Waals surface area contributed by atoms with Gasteiger partial charge in [-0.25, -0.2) is 0 Å². The Labute approximate surface area is 357 Å². The van der Waals surface area contributed by atoms with E-state index in [1.54, 1.807) is 0 Å². The molecule has 11 aromatic rings. The van der Waals surface area contributed by atoms with Crippen LogP contribution >= 0.6 is 0 Å². The Morgan fingerprint density at radius 3 is 1.21 bits per heavy atom. The number of hydrogen-bond donors (Lipinski definition) is 0. The summed E-state index contributed by atoms with van der Waals surface area (Å²) >= 11 is 0. The lowest BCUT2D eigenvalue weighted by Crippen LogP contribution is -2.10. The molecule has 1 heteroatoms. The number of fused-ring (bicyclic) bond motifs is 3. The molecule has 0 bridgehead atoms. The first-order chi connectivity index (χ1) is 30.3. The molecule has 0 saturated heterocycles. The normalized spacial score (nSPS) is 11.3. The Bertz CT molecular complexity index is 3300. The van der Waals surface area contributed by atoms with E-state index in [1.807, 2.05) is 0 Å². The molecule has 0 spiro atoms. The van der Waals surface area contributed by atoms with E-state index in [0.29, 0.717) is 0 Å². The van der Waals surface area contributed by atoms with E-state index in [-0.39, 0.29) is 0 Å². The van der Waals surface area contributed by atoms with Gasteiger partial charge >= 0.3 is 0 Å². The van der Waals surface area contributed by atoms with E-state index >= 15 is 0 Å². The first kappa shape index (κ1) is 36.1. The fraction of sp³-hybridized carbons (Fsp3) is 0. The third-order valence-electron chi connectivity index (χ3n) is 12.1. The van der Waals surface area contributed by atoms with Crippen LogP contribution in [0.15, 0.2) is 249 Å². The summed E-state index contributed by atoms with van der Waals surface area (Å²) in [5, 5.41) is 7.41. The SMILES string of the molecule is c1ccc(-c2ccc(-c3ccc(N(c4ccc(-c5cccc6cccc(-c7ccccc7)c56)cc4)c4ccc(-c5cccc6ccccc56)c5ccccc45)cc3)cc2)cc1. The van der Waals surface area contributed by atoms with Gasteiger partial charge in [0.2, 0.25) is 0 Å². The van der Waals surface area contributed by atoms with Gasteiger partial charge in [-0.1, -0.05) is 218 Å². The molecule has 61 heavy (non-hydrogen) atoms. The van der Waals surface area contributed by atoms with Crippen molar-refractivity contribution in [2.75, 3.05) is 4.90 Å². The van der Waals surface area contributed by atoms with Crippen LogP contribution in [-0.4, -0.2) is 0 Å². The quantitative estimate of drug-likeness (QED) is 0.149. The van der Waals surface area contributed by atoms with E-state index in [4.69, 9.17) is 0 Å². The predicted molar refractivity (Wildman–Crippen MR) is 261 cm³/mol. The van der Waals surface area contributed by atoms with E-state index in [1.165, 1.54) is 88.0 Å². The monoisotopic (exact) mass is 775 g/mol. The van der Waals surface area contributed by atoms with Crippen LogP contribution in [0.4, 0.5) is 17.1 Å². The number of nitrogens with zero attached hydrogens (tertiary/aromatic N) is 1. The highest BCUT2D eigenvalue weighted by Crippen LogP contribution is 2.45. The summed E-state index contributed by atoms with van der Waals surface area (Å²) in [6, 6.07) is 90.4. The maximum Gasteiger partial charge on any atom is 0.0540 e. The van der Waals surface area contributed by atoms with Crippen LogP contribution in [0.3, 0.4) is 0 Å². The largest absolute Gasteiger partial charge is 0.310 e. The third kappa shape index (κ3) is 6.73. The summed E-state index contributed by atoms with van der Waals surface area (Å²) < 4.78 is 0. The van der Waals surface area contributed by atoms with Crippen molar-refractivity contribution in [3.8, 4) is 55.6 Å². The van der Waals surface area contributed by atoms with Crippen molar-refractivity contribution in [2.24, 2.45) is 0 Å². The van der Waals surface area contributed by atoms with Crippen molar-refractivity contribution in [1.82, 2.24) is 0 Å². The molecule has 11 rings (SSSR count). The van der Waals surface area contributed by atoms with E-state index in [9.17, 15) is 0 Å². The fourth-order valence-electron chi connectivity index (χ4n) is 9.12. The molecule has 0 saturated carbocycles. The molecule has 0 unspecified atom stereocenters. The second-order valence-corrected chi connectivity index (χ2v) is 15.7. The van der Waals surface area contributed by atoms with Gasteiger partial charge in [-0.05, 0) is 113 Å². The van der Waals surface area contributed by atoms with E-state index in [2.05, 4.69) is 254 Å². The standard InChI is InChI=1S/C60H41N/c1-3-14-42(15-4-1)43-28-30-44(31-29-43)45-32-36-50(37-33-45)61(59-41-40-57(56-23-9-10-24-58(56)59)55-27-11-19-46-18-7-8-22-52(46)55)51-38-34-48(35-39-51)54-26-13-21-49-20-12-25-53(60(49)54)47-16-5-2-6-17-47/h1-41H. The van der Waals surface area contributed by atoms with Crippen molar-refractivity contribution in [1.29, 1.82) is 0 Å². The molecule has 0 amide bonds. The van der Waals surface area contributed by atoms with Gasteiger partial charge in [0.15, 0.2) is 0 Å². The molecule has 0 aliphatic carbocycles. The van der Waals surface area contributed by atoms with Crippen molar-refractivity contribution in [3.05, 3.63) is 249 Å². The van der Waals surface area contributed by atoms with Gasteiger partial charge in [-0.15, -0.1) is 0 Å². The molecule has 0 aliphatic heterocycles. The highest BCUT2D eigenvalue weighted by Gasteiger charge is 2.19. The molecular weight excluding hydrogens is 735 g/mol. The lowest BCUT2D eigenvalue weighted by Gasteiger charge is -2.28. The smallest absolute Gasteiger partial charge is 0.0540 e. The second-order valence-electron chi connectivity index (χ2n) is 15.7. The summed E-state index contributed by atoms with van der Waals surface area (Å²) in [4.78, 5) is 2.42. The lowest BCUT2D eigenvalue weighted by atomic mass is 9.91. The topological polar surface area (TPSA) is 3.24 Å². The summed E-state index contributed by atoms with van der Waals surface area (Å²) in [5.41, 5.74) is 15.5. The first-order valence-corrected chi connectivity index (χ1v) is 21.0. The summed E-state index contributed by atoms with van der Waals surface area (Å²) in [6.45, 7) is 0. The molecule has 1 nitrogen and oxygen atoms in total. The average molecular weight is 776 g/mol. The van der Waals surface area contributed by atoms with Crippen LogP contribution in [-0.2, 0) is 0 Å². The van der Waals surface area contributed by atoms with Gasteiger partial charge in [0.1, 0.15) is 0 Å². The third-order valence-corrected chi connectivity index (χ3v) is 12.1. The molecule has 0 aromatic heterocycles. The van der Waals surface area contributed by atoms with Gasteiger partial charge in [-0.3, -0.25) is 0 Å². The Balaban J connectivity index is 1.04. The van der Waals surface area contributed by atoms with Crippen LogP contribution in [0.1, 0.15) is 0 Å². The summed E-state index contributed by atoms with van der Waals surface area (Å²) in [6.07, 6.45) is 0. The van der Waals surface area contributed by atoms with E-state index in [0.717, 1.165) is 17.1 Å². The minimum absolute atomic E-state index is 1.09. The van der Waals surface area contributed by atoms with Crippen LogP contribution in [0.5, 0.6) is 0 Å². The van der Waals surface area contributed by atoms with Crippen molar-refractivity contribution < 1.29 is 0 Å². The van der Waals surface area contributed by atoms with Crippen LogP contribution < -0.4 is 4.90 Å². The Kier molecular flexibility index (Phi) is 9.26. The molecule has 286 valence electrons. The molecule has 0 radical (unpaired) electrons. The van der Waals surface area contributed by atoms with Gasteiger partial charge in [-0.2, -0.15) is 0 Å². The van der Waals surface area contributed by atoms with Crippen molar-refractivity contribution in [3.63, 3.8) is 0 Å². The van der Waals surface area contributed by atoms with Gasteiger partial charge in [0.25, 0.3) is 0 Å². The number of rotatable bonds is 8. The van der Waals surface area contributed by atoms with Crippen LogP contribution in [0.2, 0.25) is 0 Å². The zero-order chi connectivity index (χ0) is 40.5. The van der Waals surface area contributed by atoms with Gasteiger partial charge in [0.05, 0.1) is 5.69 Å². The lowest BCUT2D eigenvalue weighted by molar-refractivity contribution is 1.30. The molecule has 0 aliphatic rings. The predicted octanol–water partition coefficient (Wildman–Crippen LogP) is 17.0. The first-order valence-electron chi connectivity index (χ1n) is 21.0. The van der Waals surface area contributed by atoms with Crippen molar-refractivity contribution in [2.45, 2.75) is 0 Å². The molecule has 0 heterocycles. The maximum atomic E-state index is 2.42. The number of benzene rings is 11. The molecule has 11 aromatic carbocycles. The van der Waals surface area contributed by atoms with Crippen molar-refractivity contribution >= 4 is 49.4 Å².